The number of hydrogen-bond donors (Lipinski definition) is 15. The Balaban J connectivity index is 1.13. The molecule has 0 unspecified atom stereocenters. The van der Waals surface area contributed by atoms with E-state index >= 15 is 0 Å². The number of fused-ring (bicyclic) bond motifs is 3. The predicted molar refractivity (Wildman–Crippen MR) is 325 cm³/mol. The molecule has 0 radical (unpaired) electrons. The van der Waals surface area contributed by atoms with E-state index in [0.29, 0.717) is 10.5 Å². The van der Waals surface area contributed by atoms with Gasteiger partial charge in [0, 0.05) is 23.8 Å². The number of amides is 9. The van der Waals surface area contributed by atoms with Crippen LogP contribution >= 0.6 is 11.8 Å². The number of aliphatic hydroxyl groups is 2. The summed E-state index contributed by atoms with van der Waals surface area (Å²) in [5.41, 5.74) is 15.5. The summed E-state index contributed by atoms with van der Waals surface area (Å²) in [7, 11) is 0. The average Bonchev–Trinajstić information content (AvgIpc) is 1.70. The Morgan fingerprint density at radius 2 is 1.16 bits per heavy atom. The SMILES string of the molecule is CC(C)C[C@H](NC(=O)[C@H](CCCN=C(N)N)NC(=O)OCC1c2ccccc2-c2ccccc21)C(=O)NCC(=O)N[C@@H](CC(=O)O)C(=O)N[C@@H](CO)C(=O)N[C@H](C(=O)N[C@@H](C)C(=O)NCC(=O)N[C@@H](Cc1ccc(O)cc1)C(=O)Sc1ccccc1)[C@@H](C)O. The summed E-state index contributed by atoms with van der Waals surface area (Å²) in [4.78, 5) is 151. The lowest BCUT2D eigenvalue weighted by Crippen LogP contribution is -2.61. The molecule has 29 heteroatoms. The Hall–Kier alpha value is -9.61. The largest absolute Gasteiger partial charge is 0.508 e. The average molecular weight is 1250 g/mol. The van der Waals surface area contributed by atoms with Gasteiger partial charge in [0.2, 0.25) is 52.4 Å². The van der Waals surface area contributed by atoms with Gasteiger partial charge < -0.3 is 84.5 Å². The standard InChI is InChI=1S/C60H76N12O16S/c1-32(2)25-44(69-54(82)43(19-12-24-63-59(61)62)71-60(87)88-31-42-40-17-10-8-15-38(40)39-16-9-11-18-41(39)42)53(81)65-29-48(76)67-45(27-50(78)79)55(83)70-47(30-73)56(84)72-51(34(4)74)57(85)66-33(3)52(80)64-28-49(77)68-46(26-35-20-22-36(75)23-21-35)58(86)89-37-13-6-5-7-14-37/h5-11,13-18,20-23,32-34,42-47,51,73-75H,12,19,24-31H2,1-4H3,(H,64,80)(H,65,81)(H,66,85)(H,67,76)(H,68,77)(H,69,82)(H,70,83)(H,71,87)(H,72,84)(H,78,79)(H4,61,62,63)/t33-,34+,43-,44-,45-,46-,47-,51-/m0/s1. The Morgan fingerprint density at radius 1 is 0.607 bits per heavy atom. The van der Waals surface area contributed by atoms with E-state index in [1.165, 1.54) is 19.1 Å². The molecule has 9 amide bonds. The molecule has 0 spiro atoms. The van der Waals surface area contributed by atoms with Gasteiger partial charge >= 0.3 is 12.1 Å². The summed E-state index contributed by atoms with van der Waals surface area (Å²) in [6.45, 7) is 3.15. The molecule has 0 aromatic heterocycles. The van der Waals surface area contributed by atoms with Crippen LogP contribution in [-0.4, -0.2) is 172 Å². The second-order valence-corrected chi connectivity index (χ2v) is 22.3. The van der Waals surface area contributed by atoms with Crippen molar-refractivity contribution in [1.29, 1.82) is 0 Å². The zero-order chi connectivity index (χ0) is 65.3. The molecule has 17 N–H and O–H groups in total. The molecule has 0 aliphatic heterocycles. The van der Waals surface area contributed by atoms with Crippen molar-refractivity contribution in [2.45, 2.75) is 119 Å². The number of guanidine groups is 1. The number of alkyl carbamates (subject to hydrolysis) is 1. The maximum absolute atomic E-state index is 13.9. The van der Waals surface area contributed by atoms with Crippen LogP contribution in [0.5, 0.6) is 5.75 Å². The van der Waals surface area contributed by atoms with E-state index < -0.39 is 139 Å². The third-order valence-corrected chi connectivity index (χ3v) is 14.7. The first-order chi connectivity index (χ1) is 42.3. The van der Waals surface area contributed by atoms with E-state index in [1.807, 2.05) is 48.5 Å². The highest BCUT2D eigenvalue weighted by atomic mass is 32.2. The van der Waals surface area contributed by atoms with Crippen molar-refractivity contribution < 1.29 is 77.9 Å². The van der Waals surface area contributed by atoms with Gasteiger partial charge in [-0.3, -0.25) is 52.9 Å². The van der Waals surface area contributed by atoms with Crippen LogP contribution in [0.3, 0.4) is 0 Å². The van der Waals surface area contributed by atoms with Crippen LogP contribution in [0, 0.1) is 5.92 Å². The molecule has 0 heterocycles. The zero-order valence-corrected chi connectivity index (χ0v) is 50.2. The van der Waals surface area contributed by atoms with Crippen molar-refractivity contribution in [1.82, 2.24) is 47.9 Å². The number of aliphatic hydroxyl groups excluding tert-OH is 2. The molecule has 8 atom stereocenters. The first kappa shape index (κ1) is 70.2. The van der Waals surface area contributed by atoms with Gasteiger partial charge in [0.1, 0.15) is 54.6 Å². The molecule has 0 bridgehead atoms. The van der Waals surface area contributed by atoms with Crippen molar-refractivity contribution in [3.05, 3.63) is 120 Å². The first-order valence-corrected chi connectivity index (χ1v) is 29.2. The van der Waals surface area contributed by atoms with Gasteiger partial charge in [-0.2, -0.15) is 0 Å². The monoisotopic (exact) mass is 1250 g/mol. The van der Waals surface area contributed by atoms with Gasteiger partial charge in [-0.15, -0.1) is 0 Å². The number of carbonyl (C=O) groups is 11. The lowest BCUT2D eigenvalue weighted by atomic mass is 9.98. The van der Waals surface area contributed by atoms with Crippen molar-refractivity contribution in [3.63, 3.8) is 0 Å². The van der Waals surface area contributed by atoms with Gasteiger partial charge in [0.05, 0.1) is 32.2 Å². The van der Waals surface area contributed by atoms with Gasteiger partial charge in [-0.25, -0.2) is 4.79 Å². The molecule has 1 aliphatic carbocycles. The van der Waals surface area contributed by atoms with Gasteiger partial charge in [0.15, 0.2) is 5.96 Å². The molecule has 89 heavy (non-hydrogen) atoms. The minimum Gasteiger partial charge on any atom is -0.508 e. The number of aliphatic carboxylic acids is 1. The van der Waals surface area contributed by atoms with Crippen LogP contribution < -0.4 is 59.3 Å². The number of carboxylic acids is 1. The number of rotatable bonds is 33. The van der Waals surface area contributed by atoms with Crippen LogP contribution in [0.25, 0.3) is 11.1 Å². The molecule has 28 nitrogen and oxygen atoms in total. The normalized spacial score (nSPS) is 14.1. The summed E-state index contributed by atoms with van der Waals surface area (Å²) in [5, 5.41) is 60.7. The second kappa shape index (κ2) is 34.7. The quantitative estimate of drug-likeness (QED) is 0.0121. The maximum atomic E-state index is 13.9. The molecular formula is C60H76N12O16S. The number of nitrogens with one attached hydrogen (secondary N) is 9. The number of carbonyl (C=O) groups excluding carboxylic acids is 10. The highest BCUT2D eigenvalue weighted by molar-refractivity contribution is 8.13. The number of benzene rings is 4. The number of thioether (sulfide) groups is 1. The van der Waals surface area contributed by atoms with Crippen LogP contribution in [0.2, 0.25) is 0 Å². The number of nitrogens with two attached hydrogens (primary N) is 2. The molecule has 0 saturated carbocycles. The van der Waals surface area contributed by atoms with Gasteiger partial charge in [-0.1, -0.05) is 92.7 Å². The molecule has 478 valence electrons. The summed E-state index contributed by atoms with van der Waals surface area (Å²) in [6.07, 6.45) is -3.42. The minimum absolute atomic E-state index is 0.00731. The van der Waals surface area contributed by atoms with Crippen molar-refractivity contribution in [2.24, 2.45) is 22.4 Å². The van der Waals surface area contributed by atoms with Crippen molar-refractivity contribution in [3.8, 4) is 16.9 Å². The van der Waals surface area contributed by atoms with Gasteiger partial charge in [-0.05, 0) is 103 Å². The van der Waals surface area contributed by atoms with E-state index in [4.69, 9.17) is 16.2 Å². The molecule has 1 aliphatic rings. The molecule has 0 saturated heterocycles. The lowest BCUT2D eigenvalue weighted by Gasteiger charge is -2.26. The molecule has 4 aromatic carbocycles. The predicted octanol–water partition coefficient (Wildman–Crippen LogP) is -0.731. The van der Waals surface area contributed by atoms with E-state index in [1.54, 1.807) is 56.3 Å². The van der Waals surface area contributed by atoms with E-state index in [9.17, 15) is 73.2 Å². The fraction of sp³-hybridized carbons (Fsp3) is 0.400. The molecule has 5 rings (SSSR count). The Bertz CT molecular complexity index is 3140. The Labute approximate surface area is 516 Å². The maximum Gasteiger partial charge on any atom is 0.407 e. The molecular weight excluding hydrogens is 1180 g/mol. The van der Waals surface area contributed by atoms with Crippen LogP contribution in [0.4, 0.5) is 4.79 Å². The third kappa shape index (κ3) is 22.6. The number of aromatic hydroxyl groups is 1. The van der Waals surface area contributed by atoms with E-state index in [2.05, 4.69) is 52.8 Å². The number of phenols is 1. The lowest BCUT2D eigenvalue weighted by molar-refractivity contribution is -0.141. The highest BCUT2D eigenvalue weighted by Crippen LogP contribution is 2.44. The minimum atomic E-state index is -1.94. The summed E-state index contributed by atoms with van der Waals surface area (Å²) in [5.74, 6) is -10.5. The van der Waals surface area contributed by atoms with E-state index in [0.717, 1.165) is 40.9 Å². The summed E-state index contributed by atoms with van der Waals surface area (Å²) in [6, 6.07) is 19.3. The van der Waals surface area contributed by atoms with Crippen molar-refractivity contribution in [2.75, 3.05) is 32.8 Å². The fourth-order valence-electron chi connectivity index (χ4n) is 9.25. The number of hydrogen-bond acceptors (Lipinski definition) is 17. The summed E-state index contributed by atoms with van der Waals surface area (Å²) < 4.78 is 5.68. The Kier molecular flexibility index (Phi) is 27.3. The number of ether oxygens (including phenoxy) is 1. The zero-order valence-electron chi connectivity index (χ0n) is 49.4. The topological polar surface area (TPSA) is 451 Å². The summed E-state index contributed by atoms with van der Waals surface area (Å²) >= 11 is 0.887. The smallest absolute Gasteiger partial charge is 0.407 e. The first-order valence-electron chi connectivity index (χ1n) is 28.4. The fourth-order valence-corrected chi connectivity index (χ4v) is 10.1. The highest BCUT2D eigenvalue weighted by Gasteiger charge is 2.35. The van der Waals surface area contributed by atoms with E-state index in [-0.39, 0.29) is 62.4 Å². The van der Waals surface area contributed by atoms with Gasteiger partial charge in [0.25, 0.3) is 0 Å². The van der Waals surface area contributed by atoms with Crippen molar-refractivity contribution >= 4 is 82.2 Å². The van der Waals surface area contributed by atoms with Crippen LogP contribution in [0.15, 0.2) is 113 Å². The number of aliphatic imine (C=N–C) groups is 1. The number of nitrogens with zero attached hydrogens (tertiary/aromatic N) is 1. The third-order valence-electron chi connectivity index (χ3n) is 13.7. The Morgan fingerprint density at radius 3 is 1.73 bits per heavy atom. The second-order valence-electron chi connectivity index (χ2n) is 21.2. The number of phenolic OH excluding ortho intramolecular Hbond substituents is 1. The van der Waals surface area contributed by atoms with Crippen LogP contribution in [-0.2, 0) is 59.1 Å². The molecule has 0 fully saturated rings. The number of carboxylic acid groups (broad SMARTS) is 1. The molecule has 4 aromatic rings. The van der Waals surface area contributed by atoms with Crippen LogP contribution in [0.1, 0.15) is 76.0 Å².